The van der Waals surface area contributed by atoms with Gasteiger partial charge in [0.2, 0.25) is 0 Å². The average molecular weight is 380 g/mol. The summed E-state index contributed by atoms with van der Waals surface area (Å²) < 4.78 is 42.2. The van der Waals surface area contributed by atoms with Crippen molar-refractivity contribution in [2.24, 2.45) is 0 Å². The molecule has 0 heterocycles. The first-order chi connectivity index (χ1) is 9.27. The van der Waals surface area contributed by atoms with Crippen LogP contribution in [0.2, 0.25) is 0 Å². The molecular formula is C13H9BrClFO3S. The van der Waals surface area contributed by atoms with Gasteiger partial charge >= 0.3 is 0 Å². The molecule has 2 aromatic rings. The Hall–Kier alpha value is -1.11. The molecule has 0 aromatic heterocycles. The van der Waals surface area contributed by atoms with Gasteiger partial charge in [0.25, 0.3) is 9.05 Å². The highest BCUT2D eigenvalue weighted by molar-refractivity contribution is 9.10. The fraction of sp³-hybridized carbons (Fsp3) is 0.0769. The van der Waals surface area contributed by atoms with Gasteiger partial charge in [-0.05, 0) is 48.9 Å². The summed E-state index contributed by atoms with van der Waals surface area (Å²) in [6.07, 6.45) is 0. The molecule has 0 aliphatic heterocycles. The maximum Gasteiger partial charge on any atom is 0.261 e. The van der Waals surface area contributed by atoms with Gasteiger partial charge in [0.15, 0.2) is 11.6 Å². The minimum absolute atomic E-state index is 0.00259. The van der Waals surface area contributed by atoms with Crippen LogP contribution in [-0.2, 0) is 9.05 Å². The summed E-state index contributed by atoms with van der Waals surface area (Å²) in [4.78, 5) is 0.00259. The van der Waals surface area contributed by atoms with Gasteiger partial charge in [-0.1, -0.05) is 15.9 Å². The molecule has 0 aliphatic carbocycles. The minimum Gasteiger partial charge on any atom is -0.454 e. The van der Waals surface area contributed by atoms with Gasteiger partial charge < -0.3 is 4.74 Å². The maximum atomic E-state index is 13.6. The van der Waals surface area contributed by atoms with Gasteiger partial charge in [-0.25, -0.2) is 12.8 Å². The zero-order valence-corrected chi connectivity index (χ0v) is 13.4. The molecule has 0 unspecified atom stereocenters. The maximum absolute atomic E-state index is 13.6. The Morgan fingerprint density at radius 1 is 1.20 bits per heavy atom. The summed E-state index contributed by atoms with van der Waals surface area (Å²) in [5.74, 6) is -0.145. The number of hydrogen-bond acceptors (Lipinski definition) is 3. The molecule has 0 amide bonds. The number of ether oxygens (including phenoxy) is 1. The van der Waals surface area contributed by atoms with Crippen molar-refractivity contribution < 1.29 is 17.5 Å². The second-order valence-electron chi connectivity index (χ2n) is 4.04. The zero-order valence-electron chi connectivity index (χ0n) is 10.2. The molecule has 2 rings (SSSR count). The molecule has 0 radical (unpaired) electrons. The van der Waals surface area contributed by atoms with Crippen LogP contribution in [0, 0.1) is 12.7 Å². The Balaban J connectivity index is 2.34. The first kappa shape index (κ1) is 15.3. The third-order valence-corrected chi connectivity index (χ3v) is 4.51. The summed E-state index contributed by atoms with van der Waals surface area (Å²) in [6.45, 7) is 1.58. The highest BCUT2D eigenvalue weighted by atomic mass is 79.9. The van der Waals surface area contributed by atoms with Crippen LogP contribution in [0.1, 0.15) is 5.56 Å². The summed E-state index contributed by atoms with van der Waals surface area (Å²) in [6, 6.07) is 8.62. The molecule has 7 heteroatoms. The largest absolute Gasteiger partial charge is 0.454 e. The predicted molar refractivity (Wildman–Crippen MR) is 78.4 cm³/mol. The number of hydrogen-bond donors (Lipinski definition) is 0. The Bertz CT molecular complexity index is 762. The fourth-order valence-electron chi connectivity index (χ4n) is 1.64. The zero-order chi connectivity index (χ0) is 14.9. The van der Waals surface area contributed by atoms with E-state index in [2.05, 4.69) is 15.9 Å². The average Bonchev–Trinajstić information content (AvgIpc) is 2.31. The normalized spacial score (nSPS) is 11.4. The van der Waals surface area contributed by atoms with Crippen molar-refractivity contribution in [2.75, 3.05) is 0 Å². The van der Waals surface area contributed by atoms with E-state index in [0.717, 1.165) is 0 Å². The molecule has 0 spiro atoms. The Morgan fingerprint density at radius 2 is 1.90 bits per heavy atom. The smallest absolute Gasteiger partial charge is 0.261 e. The van der Waals surface area contributed by atoms with Crippen LogP contribution in [0.4, 0.5) is 4.39 Å². The number of aryl methyl sites for hydroxylation is 1. The molecule has 106 valence electrons. The predicted octanol–water partition coefficient (Wildman–Crippen LogP) is 4.62. The summed E-state index contributed by atoms with van der Waals surface area (Å²) in [5.41, 5.74) is 0.426. The fourth-order valence-corrected chi connectivity index (χ4v) is 3.17. The van der Waals surface area contributed by atoms with E-state index in [-0.39, 0.29) is 10.6 Å². The lowest BCUT2D eigenvalue weighted by Gasteiger charge is -2.09. The first-order valence-electron chi connectivity index (χ1n) is 5.45. The molecule has 2 aromatic carbocycles. The second-order valence-corrected chi connectivity index (χ2v) is 7.49. The topological polar surface area (TPSA) is 43.4 Å². The van der Waals surface area contributed by atoms with E-state index in [1.54, 1.807) is 13.0 Å². The van der Waals surface area contributed by atoms with E-state index in [9.17, 15) is 12.8 Å². The highest BCUT2D eigenvalue weighted by Gasteiger charge is 2.14. The van der Waals surface area contributed by atoms with E-state index in [1.807, 2.05) is 0 Å². The second kappa shape index (κ2) is 5.71. The van der Waals surface area contributed by atoms with Crippen LogP contribution in [0.5, 0.6) is 11.5 Å². The molecule has 0 bridgehead atoms. The van der Waals surface area contributed by atoms with Crippen molar-refractivity contribution in [1.82, 2.24) is 0 Å². The van der Waals surface area contributed by atoms with Crippen LogP contribution in [0.25, 0.3) is 0 Å². The lowest BCUT2D eigenvalue weighted by molar-refractivity contribution is 0.441. The van der Waals surface area contributed by atoms with Crippen LogP contribution >= 0.6 is 26.6 Å². The van der Waals surface area contributed by atoms with Crippen molar-refractivity contribution in [3.63, 3.8) is 0 Å². The third kappa shape index (κ3) is 3.50. The van der Waals surface area contributed by atoms with Crippen LogP contribution in [0.3, 0.4) is 0 Å². The van der Waals surface area contributed by atoms with Gasteiger partial charge in [-0.2, -0.15) is 0 Å². The van der Waals surface area contributed by atoms with E-state index in [4.69, 9.17) is 15.4 Å². The molecular weight excluding hydrogens is 371 g/mol. The molecule has 3 nitrogen and oxygen atoms in total. The molecule has 0 saturated heterocycles. The molecule has 0 N–H and O–H groups in total. The molecule has 0 aliphatic rings. The van der Waals surface area contributed by atoms with Crippen molar-refractivity contribution in [1.29, 1.82) is 0 Å². The van der Waals surface area contributed by atoms with Gasteiger partial charge in [0.05, 0.1) is 4.90 Å². The van der Waals surface area contributed by atoms with Gasteiger partial charge in [0.1, 0.15) is 5.75 Å². The van der Waals surface area contributed by atoms with E-state index in [0.29, 0.717) is 15.8 Å². The van der Waals surface area contributed by atoms with Gasteiger partial charge in [-0.3, -0.25) is 0 Å². The van der Waals surface area contributed by atoms with Gasteiger partial charge in [0, 0.05) is 15.2 Å². The highest BCUT2D eigenvalue weighted by Crippen LogP contribution is 2.29. The monoisotopic (exact) mass is 378 g/mol. The summed E-state index contributed by atoms with van der Waals surface area (Å²) in [5, 5.41) is 0. The number of benzene rings is 2. The Kier molecular flexibility index (Phi) is 4.36. The van der Waals surface area contributed by atoms with Crippen LogP contribution < -0.4 is 4.74 Å². The third-order valence-electron chi connectivity index (χ3n) is 2.53. The summed E-state index contributed by atoms with van der Waals surface area (Å²) in [7, 11) is 1.48. The van der Waals surface area contributed by atoms with Crippen LogP contribution in [-0.4, -0.2) is 8.42 Å². The lowest BCUT2D eigenvalue weighted by atomic mass is 10.2. The Labute approximate surface area is 128 Å². The SMILES string of the molecule is Cc1cc(Oc2ccc(Br)cc2F)ccc1S(=O)(=O)Cl. The van der Waals surface area contributed by atoms with E-state index < -0.39 is 14.9 Å². The molecule has 0 fully saturated rings. The summed E-state index contributed by atoms with van der Waals surface area (Å²) >= 11 is 3.15. The number of halogens is 3. The minimum atomic E-state index is -3.80. The van der Waals surface area contributed by atoms with Crippen molar-refractivity contribution in [3.05, 3.63) is 52.3 Å². The van der Waals surface area contributed by atoms with E-state index >= 15 is 0 Å². The molecule has 0 atom stereocenters. The molecule has 20 heavy (non-hydrogen) atoms. The van der Waals surface area contributed by atoms with Crippen molar-refractivity contribution >= 4 is 35.7 Å². The van der Waals surface area contributed by atoms with Gasteiger partial charge in [-0.15, -0.1) is 0 Å². The standard InChI is InChI=1S/C13H9BrClFO3S/c1-8-6-10(3-5-13(8)20(15,17)18)19-12-4-2-9(14)7-11(12)16/h2-7H,1H3. The lowest BCUT2D eigenvalue weighted by Crippen LogP contribution is -1.95. The number of rotatable bonds is 3. The Morgan fingerprint density at radius 3 is 2.45 bits per heavy atom. The molecule has 0 saturated carbocycles. The van der Waals surface area contributed by atoms with Crippen molar-refractivity contribution in [2.45, 2.75) is 11.8 Å². The van der Waals surface area contributed by atoms with Crippen LogP contribution in [0.15, 0.2) is 45.8 Å². The van der Waals surface area contributed by atoms with Crippen molar-refractivity contribution in [3.8, 4) is 11.5 Å². The first-order valence-corrected chi connectivity index (χ1v) is 8.56. The quantitative estimate of drug-likeness (QED) is 0.731. The van der Waals surface area contributed by atoms with E-state index in [1.165, 1.54) is 30.3 Å².